The molecule has 0 unspecified atom stereocenters. The Morgan fingerprint density at radius 2 is 2.28 bits per heavy atom. The molecule has 1 saturated carbocycles. The predicted octanol–water partition coefficient (Wildman–Crippen LogP) is 1.77. The molecule has 1 fully saturated rings. The quantitative estimate of drug-likeness (QED) is 0.811. The Bertz CT molecular complexity index is 433. The Labute approximate surface area is 106 Å². The largest absolute Gasteiger partial charge is 0.494 e. The number of halogens is 1. The van der Waals surface area contributed by atoms with Gasteiger partial charge in [-0.2, -0.15) is 0 Å². The van der Waals surface area contributed by atoms with Crippen LogP contribution < -0.4 is 15.4 Å². The molecule has 0 aromatic heterocycles. The van der Waals surface area contributed by atoms with E-state index in [1.165, 1.54) is 32.1 Å². The average molecular weight is 252 g/mol. The maximum absolute atomic E-state index is 13.4. The van der Waals surface area contributed by atoms with Crippen LogP contribution in [0.1, 0.15) is 12.8 Å². The van der Waals surface area contributed by atoms with Crippen LogP contribution in [0, 0.1) is 11.7 Å². The Morgan fingerprint density at radius 1 is 1.50 bits per heavy atom. The molecule has 4 nitrogen and oxygen atoms in total. The second kappa shape index (κ2) is 5.82. The highest BCUT2D eigenvalue weighted by Crippen LogP contribution is 2.27. The highest BCUT2D eigenvalue weighted by molar-refractivity contribution is 5.92. The van der Waals surface area contributed by atoms with Crippen LogP contribution in [0.5, 0.6) is 5.75 Å². The van der Waals surface area contributed by atoms with Crippen LogP contribution in [-0.4, -0.2) is 26.1 Å². The summed E-state index contributed by atoms with van der Waals surface area (Å²) < 4.78 is 18.2. The van der Waals surface area contributed by atoms with Gasteiger partial charge in [-0.15, -0.1) is 0 Å². The SMILES string of the molecule is COc1ccc(NC(=O)CNCC2CC2)cc1F. The summed E-state index contributed by atoms with van der Waals surface area (Å²) in [6.45, 7) is 1.13. The minimum atomic E-state index is -0.485. The first kappa shape index (κ1) is 12.8. The van der Waals surface area contributed by atoms with Crippen LogP contribution in [-0.2, 0) is 4.79 Å². The standard InChI is InChI=1S/C13H17FN2O2/c1-18-12-5-4-10(6-11(12)14)16-13(17)8-15-7-9-2-3-9/h4-6,9,15H,2-3,7-8H2,1H3,(H,16,17). The molecule has 1 aromatic rings. The van der Waals surface area contributed by atoms with Gasteiger partial charge in [0.25, 0.3) is 0 Å². The summed E-state index contributed by atoms with van der Waals surface area (Å²) in [6.07, 6.45) is 2.50. The number of hydrogen-bond acceptors (Lipinski definition) is 3. The summed E-state index contributed by atoms with van der Waals surface area (Å²) in [7, 11) is 1.40. The molecule has 2 rings (SSSR count). The van der Waals surface area contributed by atoms with Crippen LogP contribution in [0.4, 0.5) is 10.1 Å². The monoisotopic (exact) mass is 252 g/mol. The maximum atomic E-state index is 13.4. The Morgan fingerprint density at radius 3 is 2.89 bits per heavy atom. The maximum Gasteiger partial charge on any atom is 0.238 e. The van der Waals surface area contributed by atoms with Gasteiger partial charge in [0.15, 0.2) is 11.6 Å². The number of benzene rings is 1. The smallest absolute Gasteiger partial charge is 0.238 e. The molecule has 1 aliphatic carbocycles. The lowest BCUT2D eigenvalue weighted by atomic mass is 10.3. The van der Waals surface area contributed by atoms with Crippen molar-refractivity contribution in [2.45, 2.75) is 12.8 Å². The normalized spacial score (nSPS) is 14.3. The highest BCUT2D eigenvalue weighted by atomic mass is 19.1. The number of rotatable bonds is 6. The van der Waals surface area contributed by atoms with Crippen molar-refractivity contribution in [2.24, 2.45) is 5.92 Å². The lowest BCUT2D eigenvalue weighted by Gasteiger charge is -2.08. The van der Waals surface area contributed by atoms with Crippen molar-refractivity contribution in [3.8, 4) is 5.75 Å². The van der Waals surface area contributed by atoms with Gasteiger partial charge in [-0.25, -0.2) is 4.39 Å². The zero-order valence-electron chi connectivity index (χ0n) is 10.3. The number of anilines is 1. The number of methoxy groups -OCH3 is 1. The number of carbonyl (C=O) groups is 1. The predicted molar refractivity (Wildman–Crippen MR) is 67.2 cm³/mol. The van der Waals surface area contributed by atoms with Gasteiger partial charge in [0.2, 0.25) is 5.91 Å². The van der Waals surface area contributed by atoms with Gasteiger partial charge in [0.1, 0.15) is 0 Å². The first-order chi connectivity index (χ1) is 8.69. The van der Waals surface area contributed by atoms with E-state index < -0.39 is 5.82 Å². The van der Waals surface area contributed by atoms with Crippen LogP contribution in [0.25, 0.3) is 0 Å². The molecular formula is C13H17FN2O2. The number of hydrogen-bond donors (Lipinski definition) is 2. The summed E-state index contributed by atoms with van der Waals surface area (Å²) in [5, 5.41) is 5.71. The summed E-state index contributed by atoms with van der Waals surface area (Å²) in [4.78, 5) is 11.6. The van der Waals surface area contributed by atoms with Crippen molar-refractivity contribution in [3.63, 3.8) is 0 Å². The highest BCUT2D eigenvalue weighted by Gasteiger charge is 2.20. The van der Waals surface area contributed by atoms with Gasteiger partial charge in [-0.05, 0) is 37.4 Å². The van der Waals surface area contributed by atoms with Crippen LogP contribution in [0.15, 0.2) is 18.2 Å². The molecule has 98 valence electrons. The molecule has 0 saturated heterocycles. The van der Waals surface area contributed by atoms with Crippen molar-refractivity contribution < 1.29 is 13.9 Å². The summed E-state index contributed by atoms with van der Waals surface area (Å²) in [5.74, 6) is 0.248. The van der Waals surface area contributed by atoms with Crippen molar-refractivity contribution in [1.82, 2.24) is 5.32 Å². The van der Waals surface area contributed by atoms with Gasteiger partial charge >= 0.3 is 0 Å². The third kappa shape index (κ3) is 3.70. The molecule has 18 heavy (non-hydrogen) atoms. The molecule has 1 amide bonds. The van der Waals surface area contributed by atoms with E-state index in [4.69, 9.17) is 4.74 Å². The molecule has 0 atom stereocenters. The molecule has 0 spiro atoms. The van der Waals surface area contributed by atoms with E-state index in [-0.39, 0.29) is 18.2 Å². The number of amides is 1. The zero-order valence-corrected chi connectivity index (χ0v) is 10.3. The van der Waals surface area contributed by atoms with E-state index in [0.717, 1.165) is 12.5 Å². The van der Waals surface area contributed by atoms with Crippen molar-refractivity contribution in [1.29, 1.82) is 0 Å². The second-order valence-corrected chi connectivity index (χ2v) is 4.47. The first-order valence-electron chi connectivity index (χ1n) is 6.03. The van der Waals surface area contributed by atoms with E-state index in [1.807, 2.05) is 0 Å². The average Bonchev–Trinajstić information content (AvgIpc) is 3.13. The van der Waals surface area contributed by atoms with E-state index in [1.54, 1.807) is 6.07 Å². The minimum absolute atomic E-state index is 0.166. The number of carbonyl (C=O) groups excluding carboxylic acids is 1. The summed E-state index contributed by atoms with van der Waals surface area (Å²) in [6, 6.07) is 4.35. The van der Waals surface area contributed by atoms with E-state index in [9.17, 15) is 9.18 Å². The minimum Gasteiger partial charge on any atom is -0.494 e. The fraction of sp³-hybridized carbons (Fsp3) is 0.462. The number of nitrogens with one attached hydrogen (secondary N) is 2. The Hall–Kier alpha value is -1.62. The fourth-order valence-corrected chi connectivity index (χ4v) is 1.66. The van der Waals surface area contributed by atoms with Crippen molar-refractivity contribution >= 4 is 11.6 Å². The third-order valence-electron chi connectivity index (χ3n) is 2.85. The lowest BCUT2D eigenvalue weighted by Crippen LogP contribution is -2.29. The third-order valence-corrected chi connectivity index (χ3v) is 2.85. The van der Waals surface area contributed by atoms with Crippen molar-refractivity contribution in [3.05, 3.63) is 24.0 Å². The van der Waals surface area contributed by atoms with Crippen LogP contribution in [0.3, 0.4) is 0 Å². The fourth-order valence-electron chi connectivity index (χ4n) is 1.66. The topological polar surface area (TPSA) is 50.4 Å². The van der Waals surface area contributed by atoms with Gasteiger partial charge < -0.3 is 15.4 Å². The molecule has 0 bridgehead atoms. The summed E-state index contributed by atoms with van der Waals surface area (Å²) in [5.41, 5.74) is 0.437. The first-order valence-corrected chi connectivity index (χ1v) is 6.03. The molecule has 1 aliphatic rings. The van der Waals surface area contributed by atoms with E-state index in [0.29, 0.717) is 5.69 Å². The van der Waals surface area contributed by atoms with Crippen LogP contribution in [0.2, 0.25) is 0 Å². The lowest BCUT2D eigenvalue weighted by molar-refractivity contribution is -0.115. The van der Waals surface area contributed by atoms with Gasteiger partial charge in [-0.3, -0.25) is 4.79 Å². The van der Waals surface area contributed by atoms with Gasteiger partial charge in [0, 0.05) is 11.8 Å². The van der Waals surface area contributed by atoms with Crippen molar-refractivity contribution in [2.75, 3.05) is 25.5 Å². The number of ether oxygens (including phenoxy) is 1. The zero-order chi connectivity index (χ0) is 13.0. The Balaban J connectivity index is 1.80. The van der Waals surface area contributed by atoms with Crippen LogP contribution >= 0.6 is 0 Å². The molecule has 0 aliphatic heterocycles. The Kier molecular flexibility index (Phi) is 4.15. The van der Waals surface area contributed by atoms with E-state index in [2.05, 4.69) is 10.6 Å². The molecule has 0 radical (unpaired) electrons. The molecule has 2 N–H and O–H groups in total. The second-order valence-electron chi connectivity index (χ2n) is 4.47. The molecule has 0 heterocycles. The molecule has 5 heteroatoms. The summed E-state index contributed by atoms with van der Waals surface area (Å²) >= 11 is 0. The molecular weight excluding hydrogens is 235 g/mol. The van der Waals surface area contributed by atoms with Gasteiger partial charge in [-0.1, -0.05) is 0 Å². The molecule has 1 aromatic carbocycles. The van der Waals surface area contributed by atoms with Gasteiger partial charge in [0.05, 0.1) is 13.7 Å². The van der Waals surface area contributed by atoms with E-state index >= 15 is 0 Å².